The van der Waals surface area contributed by atoms with Crippen molar-refractivity contribution in [3.05, 3.63) is 0 Å². The Bertz CT molecular complexity index is 66.9. The second kappa shape index (κ2) is 3.12. The van der Waals surface area contributed by atoms with Crippen LogP contribution in [0.3, 0.4) is 0 Å². The second-order valence-corrected chi connectivity index (χ2v) is 1.44. The number of hydrogen-bond acceptors (Lipinski definition) is 2. The first-order valence-corrected chi connectivity index (χ1v) is 1.85. The average Bonchev–Trinajstić information content (AvgIpc) is 1.21. The first-order chi connectivity index (χ1) is 3.42. The highest BCUT2D eigenvalue weighted by Gasteiger charge is 1.79. The van der Waals surface area contributed by atoms with Crippen molar-refractivity contribution in [1.29, 1.82) is 0 Å². The molecule has 0 rings (SSSR count). The van der Waals surface area contributed by atoms with E-state index in [1.807, 2.05) is 0 Å². The van der Waals surface area contributed by atoms with Gasteiger partial charge in [0, 0.05) is 15.8 Å². The molecule has 0 spiro atoms. The molecule has 0 aromatic carbocycles. The van der Waals surface area contributed by atoms with Crippen LogP contribution in [0.15, 0.2) is 0 Å². The van der Waals surface area contributed by atoms with Crippen LogP contribution in [-0.4, -0.2) is 32.0 Å². The van der Waals surface area contributed by atoms with E-state index in [4.69, 9.17) is 8.48 Å². The SMILES string of the molecule is [2H]C([2H])(N)CN(C)C. The van der Waals surface area contributed by atoms with Crippen molar-refractivity contribution in [1.82, 2.24) is 4.90 Å². The average molecular weight is 90.2 g/mol. The summed E-state index contributed by atoms with van der Waals surface area (Å²) in [7, 11) is 3.56. The van der Waals surface area contributed by atoms with Gasteiger partial charge in [-0.15, -0.1) is 0 Å². The molecule has 0 bridgehead atoms. The molecule has 0 aromatic heterocycles. The van der Waals surface area contributed by atoms with E-state index in [1.165, 1.54) is 0 Å². The van der Waals surface area contributed by atoms with Gasteiger partial charge in [0.25, 0.3) is 0 Å². The number of rotatable bonds is 2. The van der Waals surface area contributed by atoms with Crippen LogP contribution in [0.1, 0.15) is 2.74 Å². The zero-order valence-electron chi connectivity index (χ0n) is 6.23. The van der Waals surface area contributed by atoms with Gasteiger partial charge in [-0.25, -0.2) is 0 Å². The third-order valence-corrected chi connectivity index (χ3v) is 0.408. The maximum Gasteiger partial charge on any atom is 0.0439 e. The molecule has 0 aliphatic heterocycles. The highest BCUT2D eigenvalue weighted by atomic mass is 15.1. The molecule has 38 valence electrons. The third kappa shape index (κ3) is 3.92. The summed E-state index contributed by atoms with van der Waals surface area (Å²) in [5, 5.41) is 0. The zero-order valence-corrected chi connectivity index (χ0v) is 4.23. The lowest BCUT2D eigenvalue weighted by atomic mass is 10.6. The Kier molecular flexibility index (Phi) is 1.56. The fraction of sp³-hybridized carbons (Fsp3) is 1.00. The fourth-order valence-corrected chi connectivity index (χ4v) is 0.183. The third-order valence-electron chi connectivity index (χ3n) is 0.408. The lowest BCUT2D eigenvalue weighted by Crippen LogP contribution is -2.20. The van der Waals surface area contributed by atoms with Crippen LogP contribution in [0.4, 0.5) is 0 Å². The zero-order chi connectivity index (χ0) is 6.78. The Labute approximate surface area is 41.7 Å². The molecular weight excluding hydrogens is 76.1 g/mol. The van der Waals surface area contributed by atoms with Crippen LogP contribution in [0.5, 0.6) is 0 Å². The number of nitrogens with two attached hydrogens (primary N) is 1. The molecule has 0 atom stereocenters. The summed E-state index contributed by atoms with van der Waals surface area (Å²) in [4.78, 5) is 1.71. The van der Waals surface area contributed by atoms with Crippen molar-refractivity contribution in [3.8, 4) is 0 Å². The fourth-order valence-electron chi connectivity index (χ4n) is 0.183. The summed E-state index contributed by atoms with van der Waals surface area (Å²) in [5.74, 6) is 0. The van der Waals surface area contributed by atoms with Crippen LogP contribution in [-0.2, 0) is 0 Å². The van der Waals surface area contributed by atoms with Crippen LogP contribution in [0.2, 0.25) is 0 Å². The Morgan fingerprint density at radius 3 is 2.33 bits per heavy atom. The smallest absolute Gasteiger partial charge is 0.0439 e. The molecule has 0 aliphatic carbocycles. The van der Waals surface area contributed by atoms with Crippen LogP contribution in [0.25, 0.3) is 0 Å². The predicted octanol–water partition coefficient (Wildman–Crippen LogP) is -0.493. The Morgan fingerprint density at radius 1 is 1.83 bits per heavy atom. The molecule has 0 saturated carbocycles. The molecular formula is C4H12N2. The van der Waals surface area contributed by atoms with Crippen LogP contribution < -0.4 is 5.73 Å². The van der Waals surface area contributed by atoms with Gasteiger partial charge in [0.1, 0.15) is 0 Å². The molecule has 0 radical (unpaired) electrons. The molecule has 2 nitrogen and oxygen atoms in total. The van der Waals surface area contributed by atoms with Crippen LogP contribution >= 0.6 is 0 Å². The quantitative estimate of drug-likeness (QED) is 0.495. The van der Waals surface area contributed by atoms with E-state index in [0.717, 1.165) is 0 Å². The largest absolute Gasteiger partial charge is 0.329 e. The van der Waals surface area contributed by atoms with Gasteiger partial charge in [-0.1, -0.05) is 0 Å². The van der Waals surface area contributed by atoms with Crippen molar-refractivity contribution in [2.24, 2.45) is 5.73 Å². The van der Waals surface area contributed by atoms with Crippen molar-refractivity contribution in [3.63, 3.8) is 0 Å². The molecule has 0 saturated heterocycles. The summed E-state index contributed by atoms with van der Waals surface area (Å²) in [5.41, 5.74) is 5.03. The van der Waals surface area contributed by atoms with Gasteiger partial charge in [0.15, 0.2) is 0 Å². The molecule has 0 fully saturated rings. The monoisotopic (exact) mass is 90.1 g/mol. The van der Waals surface area contributed by atoms with Gasteiger partial charge in [-0.05, 0) is 14.1 Å². The van der Waals surface area contributed by atoms with Crippen molar-refractivity contribution >= 4 is 0 Å². The summed E-state index contributed by atoms with van der Waals surface area (Å²) in [6.45, 7) is -1.28. The van der Waals surface area contributed by atoms with Gasteiger partial charge >= 0.3 is 0 Å². The summed E-state index contributed by atoms with van der Waals surface area (Å²) < 4.78 is 13.7. The Morgan fingerprint density at radius 2 is 2.33 bits per heavy atom. The molecule has 0 unspecified atom stereocenters. The maximum absolute atomic E-state index is 6.86. The molecule has 2 heteroatoms. The van der Waals surface area contributed by atoms with Gasteiger partial charge in [0.2, 0.25) is 0 Å². The van der Waals surface area contributed by atoms with E-state index in [2.05, 4.69) is 0 Å². The molecule has 0 aliphatic rings. The summed E-state index contributed by atoms with van der Waals surface area (Å²) in [6.07, 6.45) is 0. The first-order valence-electron chi connectivity index (χ1n) is 2.85. The minimum Gasteiger partial charge on any atom is -0.329 e. The van der Waals surface area contributed by atoms with Crippen molar-refractivity contribution in [2.75, 3.05) is 27.1 Å². The minimum atomic E-state index is -1.55. The van der Waals surface area contributed by atoms with E-state index >= 15 is 0 Å². The number of hydrogen-bond donors (Lipinski definition) is 1. The van der Waals surface area contributed by atoms with Crippen LogP contribution in [0, 0.1) is 0 Å². The number of likely N-dealkylation sites (N-methyl/N-ethyl adjacent to an activating group) is 1. The van der Waals surface area contributed by atoms with E-state index in [9.17, 15) is 0 Å². The molecule has 6 heavy (non-hydrogen) atoms. The normalized spacial score (nSPS) is 17.3. The van der Waals surface area contributed by atoms with Gasteiger partial charge in [0.05, 0.1) is 0 Å². The standard InChI is InChI=1S/C4H12N2/c1-6(2)4-3-5/h3-5H2,1-2H3/i3D2. The van der Waals surface area contributed by atoms with E-state index in [0.29, 0.717) is 0 Å². The van der Waals surface area contributed by atoms with E-state index in [1.54, 1.807) is 19.0 Å². The predicted molar refractivity (Wildman–Crippen MR) is 27.6 cm³/mol. The van der Waals surface area contributed by atoms with Gasteiger partial charge in [-0.2, -0.15) is 0 Å². The highest BCUT2D eigenvalue weighted by molar-refractivity contribution is 4.38. The van der Waals surface area contributed by atoms with Gasteiger partial charge < -0.3 is 10.6 Å². The topological polar surface area (TPSA) is 29.3 Å². The lowest BCUT2D eigenvalue weighted by molar-refractivity contribution is 0.420. The van der Waals surface area contributed by atoms with Crippen molar-refractivity contribution < 1.29 is 2.74 Å². The lowest BCUT2D eigenvalue weighted by Gasteiger charge is -2.03. The summed E-state index contributed by atoms with van der Waals surface area (Å²) in [6, 6.07) is 0. The summed E-state index contributed by atoms with van der Waals surface area (Å²) >= 11 is 0. The van der Waals surface area contributed by atoms with Gasteiger partial charge in [-0.3, -0.25) is 0 Å². The maximum atomic E-state index is 6.86. The van der Waals surface area contributed by atoms with E-state index < -0.39 is 6.50 Å². The molecule has 2 N–H and O–H groups in total. The first kappa shape index (κ1) is 2.99. The Balaban J connectivity index is 3.39. The Hall–Kier alpha value is -0.0800. The molecule has 0 amide bonds. The molecule has 0 heterocycles. The minimum absolute atomic E-state index is 0.271. The highest BCUT2D eigenvalue weighted by Crippen LogP contribution is 1.64. The number of nitrogens with zero attached hydrogens (tertiary/aromatic N) is 1. The second-order valence-electron chi connectivity index (χ2n) is 1.44. The molecule has 0 aromatic rings. The van der Waals surface area contributed by atoms with Crippen molar-refractivity contribution in [2.45, 2.75) is 0 Å². The van der Waals surface area contributed by atoms with E-state index in [-0.39, 0.29) is 6.54 Å².